The van der Waals surface area contributed by atoms with E-state index in [1.54, 1.807) is 0 Å². The summed E-state index contributed by atoms with van der Waals surface area (Å²) < 4.78 is 0. The van der Waals surface area contributed by atoms with Gasteiger partial charge in [0, 0.05) is 0 Å². The molecule has 0 saturated heterocycles. The highest BCUT2D eigenvalue weighted by molar-refractivity contribution is 4.68. The first-order chi connectivity index (χ1) is 5.57. The summed E-state index contributed by atoms with van der Waals surface area (Å²) in [6.45, 7) is 6.19. The van der Waals surface area contributed by atoms with Crippen LogP contribution >= 0.6 is 0 Å². The largest absolute Gasteiger partial charge is 0.390 e. The van der Waals surface area contributed by atoms with Gasteiger partial charge in [-0.05, 0) is 18.8 Å². The van der Waals surface area contributed by atoms with Crippen LogP contribution < -0.4 is 0 Å². The second-order valence-corrected chi connectivity index (χ2v) is 3.91. The molecule has 0 aliphatic carbocycles. The molecular formula is C10H22O2. The van der Waals surface area contributed by atoms with E-state index < -0.39 is 12.2 Å². The third kappa shape index (κ3) is 5.56. The van der Waals surface area contributed by atoms with Crippen LogP contribution in [0, 0.1) is 5.92 Å². The quantitative estimate of drug-likeness (QED) is 0.646. The molecule has 0 heterocycles. The first-order valence-corrected chi connectivity index (χ1v) is 4.94. The van der Waals surface area contributed by atoms with Crippen molar-refractivity contribution in [2.24, 2.45) is 5.92 Å². The Morgan fingerprint density at radius 3 is 2.08 bits per heavy atom. The molecule has 0 fully saturated rings. The normalized spacial score (nSPS) is 16.5. The second kappa shape index (κ2) is 6.44. The molecule has 0 amide bonds. The molecule has 0 unspecified atom stereocenters. The third-order valence-electron chi connectivity index (χ3n) is 2.01. The standard InChI is InChI=1S/C10H22O2/c1-4-5-6-9(11)10(12)7-8(2)3/h8-12H,4-7H2,1-3H3/t9-,10+/m0/s1. The number of hydrogen-bond acceptors (Lipinski definition) is 2. The molecule has 0 rings (SSSR count). The average molecular weight is 174 g/mol. The van der Waals surface area contributed by atoms with Gasteiger partial charge in [0.25, 0.3) is 0 Å². The summed E-state index contributed by atoms with van der Waals surface area (Å²) >= 11 is 0. The predicted octanol–water partition coefficient (Wildman–Crippen LogP) is 1.94. The summed E-state index contributed by atoms with van der Waals surface area (Å²) in [6, 6.07) is 0. The molecule has 0 aliphatic heterocycles. The van der Waals surface area contributed by atoms with E-state index >= 15 is 0 Å². The summed E-state index contributed by atoms with van der Waals surface area (Å²) in [4.78, 5) is 0. The zero-order chi connectivity index (χ0) is 9.56. The molecule has 2 N–H and O–H groups in total. The zero-order valence-electron chi connectivity index (χ0n) is 8.45. The fraction of sp³-hybridized carbons (Fsp3) is 1.00. The SMILES string of the molecule is CCCC[C@H](O)[C@H](O)CC(C)C. The number of aliphatic hydroxyl groups is 2. The van der Waals surface area contributed by atoms with Crippen molar-refractivity contribution >= 4 is 0 Å². The van der Waals surface area contributed by atoms with Crippen LogP contribution in [-0.2, 0) is 0 Å². The van der Waals surface area contributed by atoms with E-state index in [1.807, 2.05) is 0 Å². The van der Waals surface area contributed by atoms with Gasteiger partial charge in [-0.15, -0.1) is 0 Å². The lowest BCUT2D eigenvalue weighted by atomic mass is 9.99. The molecule has 0 aromatic carbocycles. The Labute approximate surface area is 75.6 Å². The van der Waals surface area contributed by atoms with Gasteiger partial charge in [0.15, 0.2) is 0 Å². The Morgan fingerprint density at radius 2 is 1.67 bits per heavy atom. The molecule has 0 saturated carbocycles. The predicted molar refractivity (Wildman–Crippen MR) is 51.0 cm³/mol. The Balaban J connectivity index is 3.53. The van der Waals surface area contributed by atoms with Crippen LogP contribution in [0.2, 0.25) is 0 Å². The van der Waals surface area contributed by atoms with Crippen molar-refractivity contribution in [3.8, 4) is 0 Å². The van der Waals surface area contributed by atoms with Gasteiger partial charge >= 0.3 is 0 Å². The van der Waals surface area contributed by atoms with Crippen LogP contribution in [0.4, 0.5) is 0 Å². The van der Waals surface area contributed by atoms with Gasteiger partial charge in [0.1, 0.15) is 0 Å². The van der Waals surface area contributed by atoms with E-state index in [2.05, 4.69) is 20.8 Å². The lowest BCUT2D eigenvalue weighted by molar-refractivity contribution is 0.00205. The van der Waals surface area contributed by atoms with Gasteiger partial charge in [0.05, 0.1) is 12.2 Å². The zero-order valence-corrected chi connectivity index (χ0v) is 8.45. The minimum absolute atomic E-state index is 0.455. The minimum atomic E-state index is -0.531. The smallest absolute Gasteiger partial charge is 0.0801 e. The maximum Gasteiger partial charge on any atom is 0.0801 e. The molecule has 2 heteroatoms. The Morgan fingerprint density at radius 1 is 1.08 bits per heavy atom. The van der Waals surface area contributed by atoms with Gasteiger partial charge in [0.2, 0.25) is 0 Å². The minimum Gasteiger partial charge on any atom is -0.390 e. The fourth-order valence-electron chi connectivity index (χ4n) is 1.25. The van der Waals surface area contributed by atoms with Gasteiger partial charge in [-0.1, -0.05) is 33.6 Å². The Bertz CT molecular complexity index is 102. The Hall–Kier alpha value is -0.0800. The molecule has 2 nitrogen and oxygen atoms in total. The number of aliphatic hydroxyl groups excluding tert-OH is 2. The topological polar surface area (TPSA) is 40.5 Å². The summed E-state index contributed by atoms with van der Waals surface area (Å²) in [5.41, 5.74) is 0. The summed E-state index contributed by atoms with van der Waals surface area (Å²) in [7, 11) is 0. The van der Waals surface area contributed by atoms with Crippen molar-refractivity contribution in [3.05, 3.63) is 0 Å². The fourth-order valence-corrected chi connectivity index (χ4v) is 1.25. The highest BCUT2D eigenvalue weighted by atomic mass is 16.3. The highest BCUT2D eigenvalue weighted by Crippen LogP contribution is 2.12. The van der Waals surface area contributed by atoms with Gasteiger partial charge in [-0.25, -0.2) is 0 Å². The van der Waals surface area contributed by atoms with Crippen molar-refractivity contribution in [2.75, 3.05) is 0 Å². The van der Waals surface area contributed by atoms with Crippen molar-refractivity contribution in [1.82, 2.24) is 0 Å². The maximum absolute atomic E-state index is 9.46. The number of hydrogen-bond donors (Lipinski definition) is 2. The molecule has 2 atom stereocenters. The average Bonchev–Trinajstić information content (AvgIpc) is 1.98. The van der Waals surface area contributed by atoms with Gasteiger partial charge < -0.3 is 10.2 Å². The lowest BCUT2D eigenvalue weighted by Crippen LogP contribution is -2.27. The summed E-state index contributed by atoms with van der Waals surface area (Å²) in [6.07, 6.45) is 2.45. The highest BCUT2D eigenvalue weighted by Gasteiger charge is 2.16. The third-order valence-corrected chi connectivity index (χ3v) is 2.01. The van der Waals surface area contributed by atoms with Crippen molar-refractivity contribution in [3.63, 3.8) is 0 Å². The molecule has 0 radical (unpaired) electrons. The second-order valence-electron chi connectivity index (χ2n) is 3.91. The molecule has 0 aromatic heterocycles. The van der Waals surface area contributed by atoms with Crippen LogP contribution in [0.15, 0.2) is 0 Å². The number of rotatable bonds is 6. The van der Waals surface area contributed by atoms with E-state index in [0.29, 0.717) is 12.3 Å². The summed E-state index contributed by atoms with van der Waals surface area (Å²) in [5, 5.41) is 18.9. The maximum atomic E-state index is 9.46. The Kier molecular flexibility index (Phi) is 6.39. The van der Waals surface area contributed by atoms with E-state index in [-0.39, 0.29) is 0 Å². The lowest BCUT2D eigenvalue weighted by Gasteiger charge is -2.18. The van der Waals surface area contributed by atoms with E-state index in [1.165, 1.54) is 0 Å². The summed E-state index contributed by atoms with van der Waals surface area (Å²) in [5.74, 6) is 0.455. The van der Waals surface area contributed by atoms with Crippen LogP contribution in [-0.4, -0.2) is 22.4 Å². The van der Waals surface area contributed by atoms with Crippen LogP contribution in [0.5, 0.6) is 0 Å². The van der Waals surface area contributed by atoms with E-state index in [0.717, 1.165) is 19.3 Å². The molecule has 74 valence electrons. The van der Waals surface area contributed by atoms with Crippen LogP contribution in [0.3, 0.4) is 0 Å². The first kappa shape index (κ1) is 11.9. The first-order valence-electron chi connectivity index (χ1n) is 4.94. The van der Waals surface area contributed by atoms with Crippen molar-refractivity contribution in [2.45, 2.75) is 58.7 Å². The van der Waals surface area contributed by atoms with Crippen LogP contribution in [0.1, 0.15) is 46.5 Å². The molecule has 0 aliphatic rings. The van der Waals surface area contributed by atoms with Crippen molar-refractivity contribution in [1.29, 1.82) is 0 Å². The van der Waals surface area contributed by atoms with Crippen molar-refractivity contribution < 1.29 is 10.2 Å². The molecule has 0 aromatic rings. The number of unbranched alkanes of at least 4 members (excludes halogenated alkanes) is 1. The molecule has 0 bridgehead atoms. The molecule has 0 spiro atoms. The van der Waals surface area contributed by atoms with Gasteiger partial charge in [-0.2, -0.15) is 0 Å². The van der Waals surface area contributed by atoms with Gasteiger partial charge in [-0.3, -0.25) is 0 Å². The molecule has 12 heavy (non-hydrogen) atoms. The monoisotopic (exact) mass is 174 g/mol. The van der Waals surface area contributed by atoms with E-state index in [9.17, 15) is 10.2 Å². The van der Waals surface area contributed by atoms with E-state index in [4.69, 9.17) is 0 Å². The molecular weight excluding hydrogens is 152 g/mol. The van der Waals surface area contributed by atoms with Crippen LogP contribution in [0.25, 0.3) is 0 Å².